The maximum absolute atomic E-state index is 10.4. The van der Waals surface area contributed by atoms with Crippen LogP contribution in [0.4, 0.5) is 0 Å². The summed E-state index contributed by atoms with van der Waals surface area (Å²) >= 11 is 0. The number of hydrogen-bond acceptors (Lipinski definition) is 2. The molecule has 2 aliphatic rings. The van der Waals surface area contributed by atoms with Crippen LogP contribution in [0, 0.1) is 11.8 Å². The second-order valence-corrected chi connectivity index (χ2v) is 3.92. The summed E-state index contributed by atoms with van der Waals surface area (Å²) in [7, 11) is -1.97. The lowest BCUT2D eigenvalue weighted by molar-refractivity contribution is 0.626. The Balaban J connectivity index is 2.38. The van der Waals surface area contributed by atoms with E-state index in [9.17, 15) is 8.42 Å². The maximum atomic E-state index is 10.4. The molecule has 2 unspecified atom stereocenters. The van der Waals surface area contributed by atoms with Gasteiger partial charge in [-0.3, -0.25) is 0 Å². The van der Waals surface area contributed by atoms with Crippen molar-refractivity contribution in [3.8, 4) is 0 Å². The third-order valence-electron chi connectivity index (χ3n) is 2.18. The summed E-state index contributed by atoms with van der Waals surface area (Å²) in [5.74, 6) is 1.35. The van der Waals surface area contributed by atoms with Crippen LogP contribution in [0.3, 0.4) is 0 Å². The van der Waals surface area contributed by atoms with Gasteiger partial charge in [-0.2, -0.15) is 8.42 Å². The first-order chi connectivity index (χ1) is 4.77. The predicted molar refractivity (Wildman–Crippen MR) is 39.3 cm³/mol. The monoisotopic (exact) mass is 156 g/mol. The Morgan fingerprint density at radius 3 is 2.90 bits per heavy atom. The zero-order valence-corrected chi connectivity index (χ0v) is 6.26. The summed E-state index contributed by atoms with van der Waals surface area (Å²) in [5, 5.41) is 0. The highest BCUT2D eigenvalue weighted by Gasteiger charge is 2.37. The van der Waals surface area contributed by atoms with Gasteiger partial charge in [0.1, 0.15) is 0 Å². The van der Waals surface area contributed by atoms with Crippen LogP contribution in [0.25, 0.3) is 0 Å². The summed E-state index contributed by atoms with van der Waals surface area (Å²) in [4.78, 5) is 0.582. The highest BCUT2D eigenvalue weighted by Crippen LogP contribution is 2.44. The molecule has 0 aromatic heterocycles. The lowest BCUT2D eigenvalue weighted by Gasteiger charge is -1.99. The lowest BCUT2D eigenvalue weighted by atomic mass is 10.1. The summed E-state index contributed by atoms with van der Waals surface area (Å²) in [6, 6.07) is 0. The largest absolute Gasteiger partial charge is 0.217 e. The van der Waals surface area contributed by atoms with Crippen molar-refractivity contribution in [1.29, 1.82) is 0 Å². The Morgan fingerprint density at radius 2 is 2.30 bits per heavy atom. The molecule has 0 radical (unpaired) electrons. The van der Waals surface area contributed by atoms with E-state index in [0.717, 1.165) is 6.42 Å². The fourth-order valence-electron chi connectivity index (χ4n) is 1.42. The summed E-state index contributed by atoms with van der Waals surface area (Å²) in [6.45, 7) is 0. The second kappa shape index (κ2) is 1.95. The quantitative estimate of drug-likeness (QED) is 0.482. The lowest BCUT2D eigenvalue weighted by Crippen LogP contribution is -2.01. The third-order valence-corrected chi connectivity index (χ3v) is 2.91. The van der Waals surface area contributed by atoms with Crippen LogP contribution in [0.1, 0.15) is 12.8 Å². The first-order valence-electron chi connectivity index (χ1n) is 3.40. The number of rotatable bonds is 0. The van der Waals surface area contributed by atoms with Gasteiger partial charge >= 0.3 is 0 Å². The van der Waals surface area contributed by atoms with Gasteiger partial charge in [0, 0.05) is 0 Å². The summed E-state index contributed by atoms with van der Waals surface area (Å²) < 4.78 is 20.9. The molecule has 10 heavy (non-hydrogen) atoms. The van der Waals surface area contributed by atoms with Gasteiger partial charge in [-0.15, -0.1) is 0 Å². The summed E-state index contributed by atoms with van der Waals surface area (Å²) in [5.41, 5.74) is 0. The Hall–Kier alpha value is -0.570. The van der Waals surface area contributed by atoms with Gasteiger partial charge in [-0.05, 0) is 30.8 Å². The van der Waals surface area contributed by atoms with Crippen LogP contribution in [0.15, 0.2) is 12.2 Å². The molecule has 3 heteroatoms. The third kappa shape index (κ3) is 0.904. The molecular weight excluding hydrogens is 148 g/mol. The Labute approximate surface area is 61.1 Å². The maximum Gasteiger partial charge on any atom is 0.217 e. The van der Waals surface area contributed by atoms with Crippen molar-refractivity contribution in [3.63, 3.8) is 0 Å². The van der Waals surface area contributed by atoms with E-state index in [0.29, 0.717) is 16.7 Å². The van der Waals surface area contributed by atoms with Gasteiger partial charge in [-0.25, -0.2) is 0 Å². The first kappa shape index (κ1) is 6.16. The topological polar surface area (TPSA) is 34.1 Å². The van der Waals surface area contributed by atoms with E-state index >= 15 is 0 Å². The molecule has 1 saturated carbocycles. The highest BCUT2D eigenvalue weighted by molar-refractivity contribution is 7.73. The zero-order chi connectivity index (χ0) is 7.14. The molecule has 2 nitrogen and oxygen atoms in total. The molecule has 0 aliphatic heterocycles. The SMILES string of the molecule is O=S(=O)=C1C=CC2CC2C1. The average Bonchev–Trinajstić information content (AvgIpc) is 2.63. The Kier molecular flexibility index (Phi) is 1.20. The van der Waals surface area contributed by atoms with Crippen LogP contribution in [0.2, 0.25) is 0 Å². The second-order valence-electron chi connectivity index (χ2n) is 2.92. The molecule has 2 rings (SSSR count). The van der Waals surface area contributed by atoms with Crippen molar-refractivity contribution < 1.29 is 8.42 Å². The van der Waals surface area contributed by atoms with Gasteiger partial charge in [0.2, 0.25) is 10.3 Å². The molecule has 54 valence electrons. The van der Waals surface area contributed by atoms with Gasteiger partial charge in [-0.1, -0.05) is 6.08 Å². The van der Waals surface area contributed by atoms with E-state index in [-0.39, 0.29) is 0 Å². The molecule has 0 N–H and O–H groups in total. The number of fused-ring (bicyclic) bond motifs is 1. The molecule has 0 heterocycles. The minimum Gasteiger partial charge on any atom is -0.184 e. The normalized spacial score (nSPS) is 35.4. The smallest absolute Gasteiger partial charge is 0.184 e. The van der Waals surface area contributed by atoms with Crippen LogP contribution in [0.5, 0.6) is 0 Å². The molecule has 0 bridgehead atoms. The molecule has 0 spiro atoms. The molecule has 0 aromatic carbocycles. The molecule has 0 amide bonds. The zero-order valence-electron chi connectivity index (χ0n) is 5.45. The molecule has 0 aromatic rings. The standard InChI is InChI=1S/C7H8O2S/c8-10(9)7-2-1-5-3-6(5)4-7/h1-2,5-6H,3-4H2. The Bertz CT molecular complexity index is 302. The van der Waals surface area contributed by atoms with E-state index in [1.807, 2.05) is 6.08 Å². The van der Waals surface area contributed by atoms with Crippen LogP contribution in [-0.2, 0) is 10.3 Å². The molecule has 0 saturated heterocycles. The summed E-state index contributed by atoms with van der Waals surface area (Å²) in [6.07, 6.45) is 5.73. The van der Waals surface area contributed by atoms with Crippen molar-refractivity contribution in [2.24, 2.45) is 11.8 Å². The minimum atomic E-state index is -1.97. The molecular formula is C7H8O2S. The van der Waals surface area contributed by atoms with Crippen molar-refractivity contribution in [3.05, 3.63) is 12.2 Å². The van der Waals surface area contributed by atoms with Gasteiger partial charge in [0.05, 0.1) is 4.86 Å². The van der Waals surface area contributed by atoms with Gasteiger partial charge in [0.15, 0.2) is 0 Å². The molecule has 2 atom stereocenters. The van der Waals surface area contributed by atoms with Crippen molar-refractivity contribution in [2.75, 3.05) is 0 Å². The number of hydrogen-bond donors (Lipinski definition) is 0. The van der Waals surface area contributed by atoms with Gasteiger partial charge in [0.25, 0.3) is 0 Å². The predicted octanol–water partition coefficient (Wildman–Crippen LogP) is 0.634. The van der Waals surface area contributed by atoms with Crippen molar-refractivity contribution >= 4 is 15.2 Å². The first-order valence-corrected chi connectivity index (χ1v) is 4.48. The number of allylic oxidation sites excluding steroid dienone is 2. The fraction of sp³-hybridized carbons (Fsp3) is 0.571. The van der Waals surface area contributed by atoms with Gasteiger partial charge < -0.3 is 0 Å². The van der Waals surface area contributed by atoms with E-state index < -0.39 is 10.3 Å². The van der Waals surface area contributed by atoms with E-state index in [4.69, 9.17) is 0 Å². The van der Waals surface area contributed by atoms with Crippen LogP contribution >= 0.6 is 0 Å². The Morgan fingerprint density at radius 1 is 1.50 bits per heavy atom. The van der Waals surface area contributed by atoms with E-state index in [1.165, 1.54) is 6.42 Å². The minimum absolute atomic E-state index is 0.582. The van der Waals surface area contributed by atoms with Crippen molar-refractivity contribution in [2.45, 2.75) is 12.8 Å². The average molecular weight is 156 g/mol. The molecule has 1 fully saturated rings. The van der Waals surface area contributed by atoms with Crippen LogP contribution in [-0.4, -0.2) is 13.3 Å². The van der Waals surface area contributed by atoms with Crippen molar-refractivity contribution in [1.82, 2.24) is 0 Å². The fourth-order valence-corrected chi connectivity index (χ4v) is 1.96. The van der Waals surface area contributed by atoms with E-state index in [2.05, 4.69) is 0 Å². The molecule has 2 aliphatic carbocycles. The highest BCUT2D eigenvalue weighted by atomic mass is 32.2. The van der Waals surface area contributed by atoms with Crippen LogP contribution < -0.4 is 0 Å². The van der Waals surface area contributed by atoms with E-state index in [1.54, 1.807) is 6.08 Å².